The van der Waals surface area contributed by atoms with Gasteiger partial charge in [-0.1, -0.05) is 68.3 Å². The van der Waals surface area contributed by atoms with Gasteiger partial charge in [0.1, 0.15) is 12.3 Å². The predicted molar refractivity (Wildman–Crippen MR) is 145 cm³/mol. The molecule has 0 spiro atoms. The molecule has 36 heavy (non-hydrogen) atoms. The highest BCUT2D eigenvalue weighted by Gasteiger charge is 2.39. The summed E-state index contributed by atoms with van der Waals surface area (Å²) < 4.78 is 6.49. The lowest BCUT2D eigenvalue weighted by Crippen LogP contribution is -2.81. The van der Waals surface area contributed by atoms with Gasteiger partial charge < -0.3 is 9.84 Å². The van der Waals surface area contributed by atoms with E-state index in [1.807, 2.05) is 30.3 Å². The van der Waals surface area contributed by atoms with Gasteiger partial charge in [-0.3, -0.25) is 25.9 Å². The van der Waals surface area contributed by atoms with Crippen LogP contribution in [0.25, 0.3) is 0 Å². The van der Waals surface area contributed by atoms with E-state index in [4.69, 9.17) is 10.5 Å². The highest BCUT2D eigenvalue weighted by atomic mass is 16.5. The Bertz CT molecular complexity index is 987. The minimum atomic E-state index is -0.889. The quantitative estimate of drug-likeness (QED) is 0.268. The number of nitrogens with one attached hydrogen (secondary N) is 2. The number of amidine groups is 1. The molecule has 1 fully saturated rings. The molecule has 4 rings (SSSR count). The van der Waals surface area contributed by atoms with Crippen molar-refractivity contribution in [3.63, 3.8) is 0 Å². The van der Waals surface area contributed by atoms with Crippen LogP contribution in [0, 0.1) is 0 Å². The highest BCUT2D eigenvalue weighted by molar-refractivity contribution is 6.40. The van der Waals surface area contributed by atoms with Gasteiger partial charge in [-0.2, -0.15) is 0 Å². The molecule has 7 nitrogen and oxygen atoms in total. The van der Waals surface area contributed by atoms with E-state index in [1.54, 1.807) is 0 Å². The van der Waals surface area contributed by atoms with Crippen LogP contribution < -0.4 is 20.8 Å². The van der Waals surface area contributed by atoms with Crippen molar-refractivity contribution in [3.05, 3.63) is 66.2 Å². The molecule has 5 N–H and O–H groups in total. The molecule has 2 aliphatic rings. The van der Waals surface area contributed by atoms with E-state index >= 15 is 0 Å². The lowest BCUT2D eigenvalue weighted by Gasteiger charge is -2.45. The molecule has 0 saturated carbocycles. The summed E-state index contributed by atoms with van der Waals surface area (Å²) in [5, 5.41) is 14.2. The fourth-order valence-corrected chi connectivity index (χ4v) is 5.31. The molecular weight excluding hydrogens is 450 g/mol. The van der Waals surface area contributed by atoms with Crippen molar-refractivity contribution in [1.82, 2.24) is 10.2 Å². The normalized spacial score (nSPS) is 19.7. The summed E-state index contributed by atoms with van der Waals surface area (Å²) in [6.45, 7) is 6.09. The van der Waals surface area contributed by atoms with Crippen LogP contribution in [0.2, 0.25) is 0 Å². The van der Waals surface area contributed by atoms with Crippen LogP contribution in [-0.4, -0.2) is 66.7 Å². The van der Waals surface area contributed by atoms with Gasteiger partial charge in [0.15, 0.2) is 18.2 Å². The van der Waals surface area contributed by atoms with Crippen LogP contribution in [0.5, 0.6) is 5.75 Å². The van der Waals surface area contributed by atoms with Crippen molar-refractivity contribution in [1.29, 1.82) is 0 Å². The monoisotopic (exact) mass is 492 g/mol. The summed E-state index contributed by atoms with van der Waals surface area (Å²) >= 11 is 0. The van der Waals surface area contributed by atoms with E-state index < -0.39 is 6.23 Å². The molecule has 194 valence electrons. The Morgan fingerprint density at radius 2 is 1.78 bits per heavy atom. The molecule has 0 aromatic heterocycles. The standard InChI is InChI=1S/C29H41N5O2/c1-2-3-6-15-25(36-24-13-9-5-10-14-24)34-20-16-29(17-21-34,23-11-7-4-8-12-23)22-33-28(35)26-27(30)32-19-18-31-26/h4-5,7-14,25,28,33,35H,2-3,6,15-22H2,1H3,(H2,30,32)/p+1. The molecule has 2 unspecified atom stereocenters. The first-order valence-electron chi connectivity index (χ1n) is 13.4. The fourth-order valence-electron chi connectivity index (χ4n) is 5.31. The minimum absolute atomic E-state index is 0.0725. The maximum atomic E-state index is 10.8. The second-order valence-corrected chi connectivity index (χ2v) is 9.95. The molecule has 0 bridgehead atoms. The second-order valence-electron chi connectivity index (χ2n) is 9.95. The lowest BCUT2D eigenvalue weighted by molar-refractivity contribution is -0.454. The van der Waals surface area contributed by atoms with Crippen LogP contribution in [0.15, 0.2) is 65.7 Å². The van der Waals surface area contributed by atoms with Crippen LogP contribution in [0.1, 0.15) is 51.0 Å². The van der Waals surface area contributed by atoms with E-state index in [9.17, 15) is 5.11 Å². The molecule has 2 atom stereocenters. The van der Waals surface area contributed by atoms with E-state index in [0.717, 1.165) is 44.5 Å². The third-order valence-electron chi connectivity index (χ3n) is 7.50. The number of hydrogen-bond acceptors (Lipinski definition) is 6. The van der Waals surface area contributed by atoms with Gasteiger partial charge in [0, 0.05) is 25.0 Å². The Labute approximate surface area is 215 Å². The van der Waals surface area contributed by atoms with Crippen molar-refractivity contribution in [2.45, 2.75) is 63.3 Å². The Hall–Kier alpha value is -2.74. The van der Waals surface area contributed by atoms with E-state index in [0.29, 0.717) is 31.2 Å². The third-order valence-corrected chi connectivity index (χ3v) is 7.50. The average molecular weight is 493 g/mol. The van der Waals surface area contributed by atoms with E-state index in [-0.39, 0.29) is 11.6 Å². The first-order valence-corrected chi connectivity index (χ1v) is 13.4. The first kappa shape index (κ1) is 26.3. The Balaban J connectivity index is 1.46. The van der Waals surface area contributed by atoms with Gasteiger partial charge in [0.05, 0.1) is 6.54 Å². The number of aliphatic imine (C=N–C) groups is 1. The van der Waals surface area contributed by atoms with Gasteiger partial charge >= 0.3 is 0 Å². The molecule has 2 heterocycles. The zero-order chi connectivity index (χ0) is 25.2. The summed E-state index contributed by atoms with van der Waals surface area (Å²) in [4.78, 5) is 10.0. The summed E-state index contributed by atoms with van der Waals surface area (Å²) in [5.74, 6) is 1.39. The lowest BCUT2D eigenvalue weighted by atomic mass is 9.72. The van der Waals surface area contributed by atoms with Gasteiger partial charge in [-0.15, -0.1) is 0 Å². The molecule has 2 aromatic rings. The zero-order valence-electron chi connectivity index (χ0n) is 21.5. The number of piperidine rings is 1. The van der Waals surface area contributed by atoms with Crippen LogP contribution >= 0.6 is 0 Å². The molecule has 2 aliphatic heterocycles. The average Bonchev–Trinajstić information content (AvgIpc) is 2.93. The SMILES string of the molecule is CCCCCC(Oc1ccccc1)N1CCC(CNC(O)C2=NCC[NH+]=C2N)(c2ccccc2)CC1. The van der Waals surface area contributed by atoms with Crippen molar-refractivity contribution in [3.8, 4) is 5.75 Å². The number of likely N-dealkylation sites (tertiary alicyclic amines) is 1. The number of rotatable bonds is 12. The molecule has 0 amide bonds. The zero-order valence-corrected chi connectivity index (χ0v) is 21.5. The first-order chi connectivity index (χ1) is 17.6. The maximum Gasteiger partial charge on any atom is 0.291 e. The number of nitrogens with zero attached hydrogens (tertiary/aromatic N) is 2. The maximum absolute atomic E-state index is 10.8. The highest BCUT2D eigenvalue weighted by Crippen LogP contribution is 2.36. The number of para-hydroxylation sites is 1. The Morgan fingerprint density at radius 1 is 1.08 bits per heavy atom. The number of hydrogen-bond donors (Lipinski definition) is 4. The summed E-state index contributed by atoms with van der Waals surface area (Å²) in [6.07, 6.45) is 5.74. The van der Waals surface area contributed by atoms with Crippen molar-refractivity contribution >= 4 is 11.5 Å². The minimum Gasteiger partial charge on any atom is -0.475 e. The molecule has 2 aromatic carbocycles. The third kappa shape index (κ3) is 6.72. The molecule has 0 radical (unpaired) electrons. The van der Waals surface area contributed by atoms with Gasteiger partial charge in [0.2, 0.25) is 0 Å². The smallest absolute Gasteiger partial charge is 0.291 e. The topological polar surface area (TPSA) is 97.1 Å². The van der Waals surface area contributed by atoms with Crippen LogP contribution in [-0.2, 0) is 5.41 Å². The second kappa shape index (κ2) is 13.0. The Kier molecular flexibility index (Phi) is 9.50. The number of benzene rings is 2. The predicted octanol–water partition coefficient (Wildman–Crippen LogP) is 1.81. The summed E-state index contributed by atoms with van der Waals surface area (Å²) in [6, 6.07) is 20.9. The van der Waals surface area contributed by atoms with Crippen molar-refractivity contribution in [2.75, 3.05) is 32.7 Å². The Morgan fingerprint density at radius 3 is 2.44 bits per heavy atom. The number of unbranched alkanes of at least 4 members (excludes halogenated alkanes) is 2. The molecule has 1 saturated heterocycles. The fraction of sp³-hybridized carbons (Fsp3) is 0.517. The number of aliphatic hydroxyl groups excluding tert-OH is 1. The largest absolute Gasteiger partial charge is 0.475 e. The van der Waals surface area contributed by atoms with E-state index in [2.05, 4.69) is 57.5 Å². The van der Waals surface area contributed by atoms with Crippen molar-refractivity contribution in [2.24, 2.45) is 10.7 Å². The van der Waals surface area contributed by atoms with Crippen LogP contribution in [0.3, 0.4) is 0 Å². The molecule has 0 aliphatic carbocycles. The van der Waals surface area contributed by atoms with Gasteiger partial charge in [-0.05, 0) is 43.4 Å². The van der Waals surface area contributed by atoms with E-state index in [1.165, 1.54) is 18.4 Å². The summed E-state index contributed by atoms with van der Waals surface area (Å²) in [7, 11) is 0. The number of ether oxygens (including phenoxy) is 1. The van der Waals surface area contributed by atoms with Crippen molar-refractivity contribution < 1.29 is 14.8 Å². The van der Waals surface area contributed by atoms with Crippen LogP contribution in [0.4, 0.5) is 0 Å². The number of aliphatic hydroxyl groups is 1. The molecular formula is C29H42N5O2+. The molecule has 7 heteroatoms. The summed E-state index contributed by atoms with van der Waals surface area (Å²) in [5.41, 5.74) is 7.78. The number of nitrogens with two attached hydrogens (primary N) is 1. The van der Waals surface area contributed by atoms with Gasteiger partial charge in [0.25, 0.3) is 5.84 Å². The van der Waals surface area contributed by atoms with Gasteiger partial charge in [-0.25, -0.2) is 0 Å².